The third-order valence-electron chi connectivity index (χ3n) is 25.6. The smallest absolute Gasteiger partial charge is 0.330 e. The zero-order chi connectivity index (χ0) is 99.9. The number of aliphatic carboxylic acids is 1. The number of carbonyl (C=O) groups excluding carboxylic acids is 8. The van der Waals surface area contributed by atoms with Gasteiger partial charge in [-0.2, -0.15) is 0 Å². The molecular weight excluding hydrogens is 1880 g/mol. The van der Waals surface area contributed by atoms with E-state index < -0.39 is 298 Å². The van der Waals surface area contributed by atoms with Gasteiger partial charge in [-0.15, -0.1) is 0 Å². The number of fused-ring (bicyclic) bond motifs is 11. The van der Waals surface area contributed by atoms with Crippen LogP contribution in [0, 0.1) is 5.92 Å². The fourth-order valence-corrected chi connectivity index (χ4v) is 18.8. The number of phenolic OH excluding ortho intramolecular Hbond substituents is 3. The van der Waals surface area contributed by atoms with E-state index in [1.54, 1.807) is 18.2 Å². The number of halogens is 2. The quantitative estimate of drug-likeness (QED) is 0.0342. The molecule has 1 unspecified atom stereocenters. The first kappa shape index (κ1) is 100. The standard InChI is InChI=1S/C96H104Cl2N10O32/c1-39(2)11-7-4-5-10-14-67(115)103-75-81(120)77(116)64(36-100-35-41-12-8-6-9-13-41)135-94(75)139-85-62-30-47-31-63(85)134-60-22-18-45(28-56(60)98)84(138-93-74(101-40(3)111)80(119)78(117)65(37-109)136-93)76-91(128)107-73(92(129)130)52-33-49(113)34-54-68(52)51-27-44(16-19-53(51)96(54,131)140-95-83(122)82(121)79(118)66(38-110)137-95)70(88(125)108-76)105-90(127)72(47)106-89(126)71-46-25-48(112)32-50(26-46)132-61-29-43(17-20-58(61)114)69(99)87(124)102-57(86(123)104-71)24-42-15-21-59(133-62)55(97)23-42/h6,8-9,12-13,15-23,25-34,39,57,64-66,69-84,93-95,100,109-110,112-114,116-122,131H,4-5,7,10-11,14,24,35-38,99H2,1-3H3,(H,101,111)(H,102,124)(H,103,115)(H,104,123)(H,105,127)(H,106,126)(H,107,128)(H,108,125)(H,129,130)/t57-,64-,65-,66-,69-,70-,71+,72-,73+,74-,75-,76+,77-,78-,79-,80-,81-,82+,83+,84-,93+,94+,95-,96?/m1/s1. The summed E-state index contributed by atoms with van der Waals surface area (Å²) in [5.41, 5.74) is 3.34. The van der Waals surface area contributed by atoms with Gasteiger partial charge >= 0.3 is 5.97 Å². The maximum absolute atomic E-state index is 17.2. The number of nitrogens with one attached hydrogen (secondary N) is 9. The highest BCUT2D eigenvalue weighted by Gasteiger charge is 2.56. The lowest BCUT2D eigenvalue weighted by Gasteiger charge is -2.44. The molecule has 0 radical (unpaired) electrons. The molecule has 9 aliphatic heterocycles. The van der Waals surface area contributed by atoms with Crippen LogP contribution in [0.3, 0.4) is 0 Å². The summed E-state index contributed by atoms with van der Waals surface area (Å²) in [6.45, 7) is 3.01. The normalized spacial score (nSPS) is 29.2. The maximum atomic E-state index is 17.2. The van der Waals surface area contributed by atoms with Gasteiger partial charge in [0.1, 0.15) is 144 Å². The number of amides is 8. The van der Waals surface area contributed by atoms with E-state index >= 15 is 24.0 Å². The summed E-state index contributed by atoms with van der Waals surface area (Å²) < 4.78 is 58.8. The molecule has 18 rings (SSSR count). The Balaban J connectivity index is 0.946. The number of rotatable bonds is 22. The molecule has 17 bridgehead atoms. The van der Waals surface area contributed by atoms with E-state index in [-0.39, 0.29) is 69.6 Å². The highest BCUT2D eigenvalue weighted by atomic mass is 35.5. The van der Waals surface area contributed by atoms with E-state index in [1.807, 2.05) is 12.1 Å². The topological polar surface area (TPSA) is 654 Å². The van der Waals surface area contributed by atoms with Gasteiger partial charge < -0.3 is 168 Å². The predicted octanol–water partition coefficient (Wildman–Crippen LogP) is 2.26. The van der Waals surface area contributed by atoms with Crippen LogP contribution in [0.4, 0.5) is 0 Å². The van der Waals surface area contributed by atoms with E-state index in [0.29, 0.717) is 18.8 Å². The van der Waals surface area contributed by atoms with Crippen molar-refractivity contribution in [2.45, 2.75) is 218 Å². The molecule has 8 aromatic carbocycles. The van der Waals surface area contributed by atoms with Crippen molar-refractivity contribution in [3.8, 4) is 68.6 Å². The number of aliphatic hydroxyl groups excluding tert-OH is 9. The number of aliphatic hydroxyl groups is 10. The number of carbonyl (C=O) groups is 9. The van der Waals surface area contributed by atoms with Crippen molar-refractivity contribution in [2.75, 3.05) is 19.8 Å². The lowest BCUT2D eigenvalue weighted by molar-refractivity contribution is -0.355. The molecule has 3 fully saturated rings. The molecule has 0 spiro atoms. The number of nitrogens with two attached hydrogens (primary N) is 1. The Morgan fingerprint density at radius 2 is 1.13 bits per heavy atom. The van der Waals surface area contributed by atoms with E-state index in [4.69, 9.17) is 71.6 Å². The van der Waals surface area contributed by atoms with Crippen LogP contribution >= 0.6 is 23.2 Å². The molecule has 8 aromatic rings. The number of hydrogen-bond acceptors (Lipinski definition) is 33. The third-order valence-corrected chi connectivity index (χ3v) is 26.1. The Labute approximate surface area is 807 Å². The molecule has 24 atom stereocenters. The Hall–Kier alpha value is -12.5. The maximum Gasteiger partial charge on any atom is 0.330 e. The van der Waals surface area contributed by atoms with Crippen molar-refractivity contribution in [3.63, 3.8) is 0 Å². The highest BCUT2D eigenvalue weighted by Crippen LogP contribution is 2.55. The lowest BCUT2D eigenvalue weighted by atomic mass is 9.90. The average Bonchev–Trinajstić information content (AvgIpc) is 1.55. The first-order valence-electron chi connectivity index (χ1n) is 45.1. The van der Waals surface area contributed by atoms with Crippen LogP contribution < -0.4 is 72.5 Å². The molecule has 10 aliphatic rings. The number of carboxylic acid groups (broad SMARTS) is 1. The van der Waals surface area contributed by atoms with Gasteiger partial charge in [0, 0.05) is 50.0 Å². The minimum atomic E-state index is -3.18. The number of hydrogen-bond donors (Lipinski definition) is 24. The number of carboxylic acids is 1. The van der Waals surface area contributed by atoms with Crippen molar-refractivity contribution < 1.29 is 157 Å². The van der Waals surface area contributed by atoms with Gasteiger partial charge in [-0.1, -0.05) is 123 Å². The summed E-state index contributed by atoms with van der Waals surface area (Å²) in [6, 6.07) is 11.0. The Morgan fingerprint density at radius 1 is 0.536 bits per heavy atom. The van der Waals surface area contributed by atoms with Crippen molar-refractivity contribution >= 4 is 76.4 Å². The van der Waals surface area contributed by atoms with E-state index in [9.17, 15) is 90.7 Å². The van der Waals surface area contributed by atoms with Gasteiger partial charge in [-0.25, -0.2) is 4.79 Å². The van der Waals surface area contributed by atoms with Gasteiger partial charge in [0.25, 0.3) is 0 Å². The zero-order valence-corrected chi connectivity index (χ0v) is 76.4. The second-order valence-corrected chi connectivity index (χ2v) is 36.7. The highest BCUT2D eigenvalue weighted by molar-refractivity contribution is 6.32. The van der Waals surface area contributed by atoms with E-state index in [1.165, 1.54) is 30.3 Å². The predicted molar refractivity (Wildman–Crippen MR) is 486 cm³/mol. The van der Waals surface area contributed by atoms with Crippen molar-refractivity contribution in [1.29, 1.82) is 0 Å². The summed E-state index contributed by atoms with van der Waals surface area (Å²) >= 11 is 14.9. The van der Waals surface area contributed by atoms with E-state index in [0.717, 1.165) is 117 Å². The third kappa shape index (κ3) is 21.1. The van der Waals surface area contributed by atoms with Crippen molar-refractivity contribution in [2.24, 2.45) is 11.7 Å². The lowest BCUT2D eigenvalue weighted by Crippen LogP contribution is -2.66. The molecule has 25 N–H and O–H groups in total. The SMILES string of the molecule is CC(=O)N[C@H]1[C@H](O[C@@H]2c3ccc(c(Cl)c3)Oc3cc4cc(c3O[C@@H]3O[C@H](CNCc5ccccc5)[C@@H](O)[C@H](O)[C@H]3NC(=O)CCCCCCC(C)C)Oc3ccc(cc3Cl)C[C@H]3NC(=O)[C@H](N)c5ccc(O)c(c5)Oc5cc(O)cc(c5)[C@H](NC3=O)C(=O)N[C@H]4C(=O)N[C@H]3C(=O)N[C@@H]2C(=O)N[C@H](C(=O)O)c2cc(O)cc4c2-c2cc3ccc2C4(O)O[C@H]2O[C@H](CO)[C@@H](O)[C@H](O)[C@@H]2O)O[C@H](CO)[C@@H](O)[C@@H]1O. The number of benzene rings is 8. The van der Waals surface area contributed by atoms with Crippen LogP contribution in [0.2, 0.25) is 10.0 Å². The number of phenols is 3. The first-order valence-corrected chi connectivity index (χ1v) is 45.9. The average molecular weight is 1980 g/mol. The summed E-state index contributed by atoms with van der Waals surface area (Å²) in [5.74, 6) is -20.0. The molecule has 8 amide bonds. The van der Waals surface area contributed by atoms with Gasteiger partial charge in [-0.05, 0) is 147 Å². The van der Waals surface area contributed by atoms with Crippen LogP contribution in [0.1, 0.15) is 151 Å². The Bertz CT molecular complexity index is 6070. The van der Waals surface area contributed by atoms with Crippen molar-refractivity contribution in [1.82, 2.24) is 47.9 Å². The van der Waals surface area contributed by atoms with Crippen LogP contribution in [0.5, 0.6) is 57.5 Å². The summed E-state index contributed by atoms with van der Waals surface area (Å²) in [4.78, 5) is 140. The number of unbranched alkanes of at least 4 members (excludes halogenated alkanes) is 3. The molecule has 744 valence electrons. The molecule has 44 heteroatoms. The van der Waals surface area contributed by atoms with Crippen LogP contribution in [-0.4, -0.2) is 249 Å². The van der Waals surface area contributed by atoms with E-state index in [2.05, 4.69) is 61.7 Å². The van der Waals surface area contributed by atoms with Gasteiger partial charge in [0.2, 0.25) is 65.1 Å². The summed E-state index contributed by atoms with van der Waals surface area (Å²) in [7, 11) is 0. The monoisotopic (exact) mass is 1980 g/mol. The molecular formula is C96H104Cl2N10O32. The van der Waals surface area contributed by atoms with Crippen molar-refractivity contribution in [3.05, 3.63) is 211 Å². The van der Waals surface area contributed by atoms with Crippen LogP contribution in [-0.2, 0) is 85.6 Å². The second kappa shape index (κ2) is 42.1. The van der Waals surface area contributed by atoms with Gasteiger partial charge in [0.15, 0.2) is 41.6 Å². The second-order valence-electron chi connectivity index (χ2n) is 35.8. The molecule has 42 nitrogen and oxygen atoms in total. The van der Waals surface area contributed by atoms with Gasteiger partial charge in [0.05, 0.1) is 23.3 Å². The first-order chi connectivity index (χ1) is 66.8. The largest absolute Gasteiger partial charge is 0.508 e. The molecule has 0 aromatic heterocycles. The Kier molecular flexibility index (Phi) is 30.2. The summed E-state index contributed by atoms with van der Waals surface area (Å²) in [6.07, 6.45) is -25.2. The minimum Gasteiger partial charge on any atom is -0.508 e. The van der Waals surface area contributed by atoms with Crippen LogP contribution in [0.25, 0.3) is 11.1 Å². The molecule has 0 saturated carbocycles. The molecule has 1 aliphatic carbocycles. The summed E-state index contributed by atoms with van der Waals surface area (Å²) in [5, 5.41) is 186. The fourth-order valence-electron chi connectivity index (χ4n) is 18.3. The van der Waals surface area contributed by atoms with Gasteiger partial charge in [-0.3, -0.25) is 38.4 Å². The zero-order valence-electron chi connectivity index (χ0n) is 74.9. The Morgan fingerprint density at radius 3 is 1.79 bits per heavy atom. The fraction of sp³-hybridized carbons (Fsp3) is 0.406. The number of ether oxygens (including phenoxy) is 9. The molecule has 9 heterocycles. The molecule has 3 saturated heterocycles. The molecule has 140 heavy (non-hydrogen) atoms. The van der Waals surface area contributed by atoms with Crippen LogP contribution in [0.15, 0.2) is 146 Å². The number of aromatic hydroxyl groups is 3. The minimum absolute atomic E-state index is 0.0360.